The van der Waals surface area contributed by atoms with Gasteiger partial charge in [-0.3, -0.25) is 9.59 Å². The topological polar surface area (TPSA) is 83.0 Å². The summed E-state index contributed by atoms with van der Waals surface area (Å²) in [6.45, 7) is 9.88. The van der Waals surface area contributed by atoms with E-state index in [1.165, 1.54) is 11.3 Å². The van der Waals surface area contributed by atoms with Crippen LogP contribution in [-0.4, -0.2) is 49.7 Å². The lowest BCUT2D eigenvalue weighted by molar-refractivity contribution is 0.0403. The number of thiazole rings is 1. The van der Waals surface area contributed by atoms with E-state index in [0.29, 0.717) is 41.1 Å². The molecule has 1 atom stereocenters. The number of thioether (sulfide) groups is 1. The molecule has 0 bridgehead atoms. The van der Waals surface area contributed by atoms with Gasteiger partial charge in [-0.05, 0) is 46.1 Å². The highest BCUT2D eigenvalue weighted by molar-refractivity contribution is 7.98. The van der Waals surface area contributed by atoms with Crippen LogP contribution in [-0.2, 0) is 6.54 Å². The lowest BCUT2D eigenvalue weighted by atomic mass is 9.92. The van der Waals surface area contributed by atoms with Gasteiger partial charge >= 0.3 is 0 Å². The molecule has 3 aromatic heterocycles. The van der Waals surface area contributed by atoms with Crippen LogP contribution in [0.15, 0.2) is 45.4 Å². The van der Waals surface area contributed by atoms with Crippen LogP contribution >= 0.6 is 35.3 Å². The number of carbonyl (C=O) groups is 1. The van der Waals surface area contributed by atoms with E-state index in [4.69, 9.17) is 12.2 Å². The van der Waals surface area contributed by atoms with Crippen molar-refractivity contribution in [3.63, 3.8) is 0 Å². The number of thiocarbonyl (C=S) groups is 1. The van der Waals surface area contributed by atoms with E-state index >= 15 is 0 Å². The second-order valence-electron chi connectivity index (χ2n) is 9.86. The number of hydrogen-bond donors (Lipinski definition) is 2. The van der Waals surface area contributed by atoms with Crippen LogP contribution in [0.3, 0.4) is 0 Å². The van der Waals surface area contributed by atoms with E-state index in [-0.39, 0.29) is 17.5 Å². The predicted molar refractivity (Wildman–Crippen MR) is 160 cm³/mol. The smallest absolute Gasteiger partial charge is 0.282 e. The number of aromatic amines is 1. The van der Waals surface area contributed by atoms with Gasteiger partial charge in [-0.15, -0.1) is 23.1 Å². The number of hydrogen-bond acceptors (Lipinski definition) is 6. The number of nitrogens with zero attached hydrogens (tertiary/aromatic N) is 3. The third kappa shape index (κ3) is 4.81. The Balaban J connectivity index is 1.37. The summed E-state index contributed by atoms with van der Waals surface area (Å²) in [5.41, 5.74) is 5.52. The van der Waals surface area contributed by atoms with Crippen molar-refractivity contribution in [1.82, 2.24) is 24.8 Å². The van der Waals surface area contributed by atoms with Gasteiger partial charge in [0.15, 0.2) is 5.01 Å². The Morgan fingerprint density at radius 3 is 2.71 bits per heavy atom. The number of rotatable bonds is 7. The number of para-hydroxylation sites is 1. The molecule has 0 radical (unpaired) electrons. The molecule has 1 aliphatic heterocycles. The number of benzene rings is 1. The Labute approximate surface area is 235 Å². The Kier molecular flexibility index (Phi) is 7.48. The molecule has 0 aliphatic carbocycles. The maximum atomic E-state index is 12.8. The second kappa shape index (κ2) is 10.7. The highest BCUT2D eigenvalue weighted by Gasteiger charge is 2.37. The van der Waals surface area contributed by atoms with Gasteiger partial charge < -0.3 is 19.8 Å². The molecule has 0 saturated carbocycles. The Morgan fingerprint density at radius 2 is 2.03 bits per heavy atom. The highest BCUT2D eigenvalue weighted by Crippen LogP contribution is 2.36. The average molecular weight is 566 g/mol. The molecule has 38 heavy (non-hydrogen) atoms. The SMILES string of the molecule is CSc1cc(C)[nH]c(=O)c1CNC(=S)c1c(C)n([C@H](C)C2CN(C(=O)c3nc(C)cs3)C2)c2ccccc12. The molecule has 7 nitrogen and oxygen atoms in total. The largest absolute Gasteiger partial charge is 0.371 e. The van der Waals surface area contributed by atoms with Gasteiger partial charge in [0, 0.05) is 81.0 Å². The highest BCUT2D eigenvalue weighted by atomic mass is 32.2. The molecule has 1 saturated heterocycles. The van der Waals surface area contributed by atoms with Crippen molar-refractivity contribution in [3.05, 3.63) is 79.3 Å². The summed E-state index contributed by atoms with van der Waals surface area (Å²) >= 11 is 8.87. The zero-order valence-corrected chi connectivity index (χ0v) is 24.6. The van der Waals surface area contributed by atoms with E-state index in [0.717, 1.165) is 38.4 Å². The van der Waals surface area contributed by atoms with E-state index in [9.17, 15) is 9.59 Å². The zero-order valence-electron chi connectivity index (χ0n) is 22.1. The van der Waals surface area contributed by atoms with Gasteiger partial charge in [-0.2, -0.15) is 0 Å². The number of likely N-dealkylation sites (tertiary alicyclic amines) is 1. The van der Waals surface area contributed by atoms with Crippen LogP contribution in [0, 0.1) is 26.7 Å². The summed E-state index contributed by atoms with van der Waals surface area (Å²) in [6.07, 6.45) is 1.97. The van der Waals surface area contributed by atoms with Gasteiger partial charge in [0.2, 0.25) is 0 Å². The first-order valence-electron chi connectivity index (χ1n) is 12.6. The summed E-state index contributed by atoms with van der Waals surface area (Å²) in [7, 11) is 0. The molecule has 4 aromatic rings. The summed E-state index contributed by atoms with van der Waals surface area (Å²) < 4.78 is 2.35. The number of carbonyl (C=O) groups excluding carboxylic acids is 1. The van der Waals surface area contributed by atoms with Crippen LogP contribution in [0.2, 0.25) is 0 Å². The molecule has 1 aromatic carbocycles. The molecule has 2 N–H and O–H groups in total. The molecule has 1 amide bonds. The Hall–Kier alpha value is -2.95. The average Bonchev–Trinajstić information content (AvgIpc) is 3.41. The minimum Gasteiger partial charge on any atom is -0.371 e. The first-order chi connectivity index (χ1) is 18.2. The van der Waals surface area contributed by atoms with Gasteiger partial charge in [0.05, 0.1) is 0 Å². The maximum Gasteiger partial charge on any atom is 0.282 e. The summed E-state index contributed by atoms with van der Waals surface area (Å²) in [6, 6.07) is 10.5. The Morgan fingerprint density at radius 1 is 1.29 bits per heavy atom. The third-order valence-electron chi connectivity index (χ3n) is 7.35. The molecule has 1 fully saturated rings. The van der Waals surface area contributed by atoms with Crippen molar-refractivity contribution in [2.45, 2.75) is 45.2 Å². The molecular weight excluding hydrogens is 535 g/mol. The van der Waals surface area contributed by atoms with Crippen LogP contribution < -0.4 is 10.9 Å². The van der Waals surface area contributed by atoms with Crippen LogP contribution in [0.25, 0.3) is 10.9 Å². The van der Waals surface area contributed by atoms with Gasteiger partial charge in [-0.25, -0.2) is 4.98 Å². The van der Waals surface area contributed by atoms with E-state index in [1.54, 1.807) is 11.8 Å². The fourth-order valence-electron chi connectivity index (χ4n) is 5.28. The van der Waals surface area contributed by atoms with Crippen LogP contribution in [0.5, 0.6) is 0 Å². The van der Waals surface area contributed by atoms with Gasteiger partial charge in [-0.1, -0.05) is 30.4 Å². The maximum absolute atomic E-state index is 12.8. The number of pyridine rings is 1. The minimum absolute atomic E-state index is 0.0161. The molecule has 5 rings (SSSR count). The van der Waals surface area contributed by atoms with Crippen molar-refractivity contribution >= 4 is 57.1 Å². The van der Waals surface area contributed by atoms with Crippen molar-refractivity contribution in [2.75, 3.05) is 19.3 Å². The minimum atomic E-state index is -0.0885. The normalized spacial score (nSPS) is 14.5. The number of aryl methyl sites for hydroxylation is 2. The lowest BCUT2D eigenvalue weighted by Crippen LogP contribution is -2.52. The summed E-state index contributed by atoms with van der Waals surface area (Å²) in [4.78, 5) is 36.2. The molecule has 198 valence electrons. The Bertz CT molecular complexity index is 1600. The lowest BCUT2D eigenvalue weighted by Gasteiger charge is -2.43. The van der Waals surface area contributed by atoms with Gasteiger partial charge in [0.25, 0.3) is 11.5 Å². The number of H-pyrrole nitrogens is 1. The van der Waals surface area contributed by atoms with Crippen molar-refractivity contribution in [1.29, 1.82) is 0 Å². The molecule has 0 unspecified atom stereocenters. The van der Waals surface area contributed by atoms with Crippen molar-refractivity contribution in [2.24, 2.45) is 5.92 Å². The first kappa shape index (κ1) is 26.6. The number of aromatic nitrogens is 3. The monoisotopic (exact) mass is 565 g/mol. The number of nitrogens with one attached hydrogen (secondary N) is 2. The van der Waals surface area contributed by atoms with Crippen LogP contribution in [0.1, 0.15) is 51.0 Å². The summed E-state index contributed by atoms with van der Waals surface area (Å²) in [5, 5.41) is 6.92. The zero-order chi connectivity index (χ0) is 27.1. The number of amides is 1. The first-order valence-corrected chi connectivity index (χ1v) is 15.1. The standard InChI is InChI=1S/C28H31N5O2S3/c1-15-10-23(37-5)21(25(34)30-15)11-29-26(36)24-18(4)33(22-9-7-6-8-20(22)24)17(3)19-12-32(13-19)28(35)27-31-16(2)14-38-27/h6-10,14,17,19H,11-13H2,1-5H3,(H,29,36)(H,30,34)/t17-/m1/s1. The van der Waals surface area contributed by atoms with Crippen molar-refractivity contribution in [3.8, 4) is 0 Å². The predicted octanol–water partition coefficient (Wildman–Crippen LogP) is 5.23. The molecular formula is C28H31N5O2S3. The summed E-state index contributed by atoms with van der Waals surface area (Å²) in [5.74, 6) is 0.349. The second-order valence-corrected chi connectivity index (χ2v) is 12.0. The number of fused-ring (bicyclic) bond motifs is 1. The van der Waals surface area contributed by atoms with E-state index in [1.807, 2.05) is 48.6 Å². The molecule has 10 heteroatoms. The van der Waals surface area contributed by atoms with Gasteiger partial charge in [0.1, 0.15) is 4.99 Å². The molecule has 0 spiro atoms. The van der Waals surface area contributed by atoms with Crippen molar-refractivity contribution < 1.29 is 4.79 Å². The molecule has 4 heterocycles. The fourth-order valence-corrected chi connectivity index (χ4v) is 7.07. The van der Waals surface area contributed by atoms with E-state index < -0.39 is 0 Å². The molecule has 1 aliphatic rings. The van der Waals surface area contributed by atoms with E-state index in [2.05, 4.69) is 45.8 Å². The third-order valence-corrected chi connectivity index (χ3v) is 9.45. The van der Waals surface area contributed by atoms with Crippen LogP contribution in [0.4, 0.5) is 0 Å². The fraction of sp³-hybridized carbons (Fsp3) is 0.357. The quantitative estimate of drug-likeness (QED) is 0.236.